The molecule has 0 saturated carbocycles. The van der Waals surface area contributed by atoms with E-state index in [0.717, 1.165) is 48.0 Å². The monoisotopic (exact) mass is 565 g/mol. The summed E-state index contributed by atoms with van der Waals surface area (Å²) in [7, 11) is 1.34. The van der Waals surface area contributed by atoms with Gasteiger partial charge in [-0.1, -0.05) is 42.5 Å². The summed E-state index contributed by atoms with van der Waals surface area (Å²) < 4.78 is 60.5. The molecule has 214 valence electrons. The number of hydrogen-bond acceptors (Lipinski definition) is 3. The number of ether oxygens (including phenoxy) is 1. The number of aryl methyl sites for hydroxylation is 1. The number of hydrogen-bond donors (Lipinski definition) is 1. The van der Waals surface area contributed by atoms with Crippen LogP contribution in [0.2, 0.25) is 0 Å². The Kier molecular flexibility index (Phi) is 8.31. The molecule has 0 aromatic heterocycles. The molecule has 0 unspecified atom stereocenters. The van der Waals surface area contributed by atoms with Gasteiger partial charge in [-0.3, -0.25) is 9.29 Å². The largest absolute Gasteiger partial charge is 0.497 e. The molecule has 2 aliphatic rings. The van der Waals surface area contributed by atoms with E-state index in [2.05, 4.69) is 11.0 Å². The van der Waals surface area contributed by atoms with Gasteiger partial charge in [0.2, 0.25) is 0 Å². The quantitative estimate of drug-likeness (QED) is 0.284. The number of fused-ring (bicyclic) bond motifs is 1. The first-order valence-electron chi connectivity index (χ1n) is 13.6. The summed E-state index contributed by atoms with van der Waals surface area (Å²) >= 11 is 0. The number of allylic oxidation sites excluding steroid dienone is 1. The molecule has 1 heterocycles. The normalized spacial score (nSPS) is 15.7. The molecule has 0 radical (unpaired) electrons. The minimum Gasteiger partial charge on any atom is -0.497 e. The second kappa shape index (κ2) is 11.9. The molecule has 0 amide bonds. The number of benzene rings is 3. The minimum absolute atomic E-state index is 0.0949. The van der Waals surface area contributed by atoms with Crippen LogP contribution in [0.3, 0.4) is 0 Å². The highest BCUT2D eigenvalue weighted by atomic mass is 19.4. The van der Waals surface area contributed by atoms with Gasteiger partial charge < -0.3 is 9.84 Å². The van der Waals surface area contributed by atoms with Crippen molar-refractivity contribution < 1.29 is 32.2 Å². The van der Waals surface area contributed by atoms with Crippen molar-refractivity contribution in [1.82, 2.24) is 4.90 Å². The van der Waals surface area contributed by atoms with Crippen molar-refractivity contribution in [1.29, 1.82) is 0 Å². The molecule has 3 aromatic carbocycles. The molecule has 8 heteroatoms. The van der Waals surface area contributed by atoms with Gasteiger partial charge in [-0.25, -0.2) is 4.79 Å². The highest BCUT2D eigenvalue weighted by Crippen LogP contribution is 2.45. The Hall–Kier alpha value is -3.91. The van der Waals surface area contributed by atoms with Crippen molar-refractivity contribution in [2.75, 3.05) is 33.4 Å². The molecule has 1 fully saturated rings. The van der Waals surface area contributed by atoms with Crippen LogP contribution in [0.25, 0.3) is 17.2 Å². The van der Waals surface area contributed by atoms with Crippen molar-refractivity contribution in [2.24, 2.45) is 0 Å². The number of likely N-dealkylation sites (tertiary alicyclic amines) is 1. The standard InChI is InChI=1S/C33H31F4NO3/c1-41-26-11-13-28(30(18-26)33(35,36)37)29-5-2-4-24-17-25(32(39)40)10-12-27(24)31(29)23-8-6-21(7-9-23)16-22-19-38(20-22)15-3-14-34/h6-13,16-18H,2-5,14-15,19-20H2,1H3,(H,39,40). The molecule has 41 heavy (non-hydrogen) atoms. The maximum absolute atomic E-state index is 14.3. The van der Waals surface area contributed by atoms with Gasteiger partial charge in [-0.2, -0.15) is 13.2 Å². The molecule has 1 saturated heterocycles. The predicted molar refractivity (Wildman–Crippen MR) is 152 cm³/mol. The predicted octanol–water partition coefficient (Wildman–Crippen LogP) is 7.77. The average Bonchev–Trinajstić information content (AvgIpc) is 3.13. The van der Waals surface area contributed by atoms with Gasteiger partial charge >= 0.3 is 12.1 Å². The van der Waals surface area contributed by atoms with Crippen LogP contribution in [0.4, 0.5) is 17.6 Å². The van der Waals surface area contributed by atoms with Gasteiger partial charge in [0.05, 0.1) is 24.9 Å². The summed E-state index contributed by atoms with van der Waals surface area (Å²) in [5.41, 5.74) is 5.23. The van der Waals surface area contributed by atoms with E-state index in [1.165, 1.54) is 24.8 Å². The number of nitrogens with zero attached hydrogens (tertiary/aromatic N) is 1. The Balaban J connectivity index is 1.62. The summed E-state index contributed by atoms with van der Waals surface area (Å²) in [5.74, 6) is -0.922. The molecule has 1 aliphatic carbocycles. The third kappa shape index (κ3) is 6.22. The van der Waals surface area contributed by atoms with E-state index in [4.69, 9.17) is 4.74 Å². The van der Waals surface area contributed by atoms with Crippen molar-refractivity contribution in [3.63, 3.8) is 0 Å². The molecular formula is C33H31F4NO3. The summed E-state index contributed by atoms with van der Waals surface area (Å²) in [6, 6.07) is 16.6. The van der Waals surface area contributed by atoms with Crippen LogP contribution in [-0.4, -0.2) is 49.4 Å². The van der Waals surface area contributed by atoms with E-state index in [9.17, 15) is 27.5 Å². The zero-order chi connectivity index (χ0) is 29.1. The van der Waals surface area contributed by atoms with Crippen molar-refractivity contribution in [3.05, 3.63) is 105 Å². The molecular weight excluding hydrogens is 534 g/mol. The highest BCUT2D eigenvalue weighted by molar-refractivity contribution is 6.01. The van der Waals surface area contributed by atoms with E-state index in [1.807, 2.05) is 24.3 Å². The molecule has 1 aliphatic heterocycles. The molecule has 5 rings (SSSR count). The first kappa shape index (κ1) is 28.6. The van der Waals surface area contributed by atoms with Crippen molar-refractivity contribution in [2.45, 2.75) is 31.9 Å². The van der Waals surface area contributed by atoms with Crippen LogP contribution in [0, 0.1) is 0 Å². The van der Waals surface area contributed by atoms with E-state index in [0.29, 0.717) is 36.8 Å². The zero-order valence-corrected chi connectivity index (χ0v) is 22.7. The molecule has 0 bridgehead atoms. The fourth-order valence-corrected chi connectivity index (χ4v) is 5.71. The van der Waals surface area contributed by atoms with Gasteiger partial charge in [0.25, 0.3) is 0 Å². The lowest BCUT2D eigenvalue weighted by Crippen LogP contribution is -2.40. The van der Waals surface area contributed by atoms with E-state index >= 15 is 0 Å². The summed E-state index contributed by atoms with van der Waals surface area (Å²) in [6.45, 7) is 2.01. The number of halogens is 4. The maximum atomic E-state index is 14.3. The van der Waals surface area contributed by atoms with Crippen LogP contribution >= 0.6 is 0 Å². The van der Waals surface area contributed by atoms with Crippen LogP contribution in [0.1, 0.15) is 63.0 Å². The first-order valence-corrected chi connectivity index (χ1v) is 13.6. The summed E-state index contributed by atoms with van der Waals surface area (Å²) in [4.78, 5) is 13.9. The number of aromatic carboxylic acids is 1. The van der Waals surface area contributed by atoms with E-state index in [-0.39, 0.29) is 23.6 Å². The lowest BCUT2D eigenvalue weighted by molar-refractivity contribution is -0.137. The van der Waals surface area contributed by atoms with Gasteiger partial charge in [-0.15, -0.1) is 0 Å². The van der Waals surface area contributed by atoms with Crippen LogP contribution in [-0.2, 0) is 12.6 Å². The fourth-order valence-electron chi connectivity index (χ4n) is 5.71. The summed E-state index contributed by atoms with van der Waals surface area (Å²) in [6.07, 6.45) is -0.468. The van der Waals surface area contributed by atoms with E-state index in [1.54, 1.807) is 18.2 Å². The number of methoxy groups -OCH3 is 1. The topological polar surface area (TPSA) is 49.8 Å². The van der Waals surface area contributed by atoms with Crippen LogP contribution in [0.15, 0.2) is 66.2 Å². The van der Waals surface area contributed by atoms with Gasteiger partial charge in [0.1, 0.15) is 5.75 Å². The highest BCUT2D eigenvalue weighted by Gasteiger charge is 2.36. The van der Waals surface area contributed by atoms with Gasteiger partial charge in [0.15, 0.2) is 0 Å². The average molecular weight is 566 g/mol. The fraction of sp³-hybridized carbons (Fsp3) is 0.303. The third-order valence-corrected chi connectivity index (χ3v) is 7.68. The Bertz CT molecular complexity index is 1500. The molecule has 4 nitrogen and oxygen atoms in total. The smallest absolute Gasteiger partial charge is 0.417 e. The summed E-state index contributed by atoms with van der Waals surface area (Å²) in [5, 5.41) is 9.56. The number of rotatable bonds is 8. The molecule has 0 atom stereocenters. The van der Waals surface area contributed by atoms with Crippen molar-refractivity contribution >= 4 is 23.2 Å². The Morgan fingerprint density at radius 3 is 2.39 bits per heavy atom. The number of carboxylic acid groups (broad SMARTS) is 1. The second-order valence-electron chi connectivity index (χ2n) is 10.5. The maximum Gasteiger partial charge on any atom is 0.417 e. The SMILES string of the molecule is COc1ccc(C2=C(c3ccc(C=C4CN(CCCF)C4)cc3)c3ccc(C(=O)O)cc3CCC2)c(C(F)(F)F)c1. The number of carboxylic acids is 1. The molecule has 3 aromatic rings. The van der Waals surface area contributed by atoms with Gasteiger partial charge in [-0.05, 0) is 94.5 Å². The molecule has 1 N–H and O–H groups in total. The minimum atomic E-state index is -4.60. The van der Waals surface area contributed by atoms with Crippen LogP contribution in [0.5, 0.6) is 5.75 Å². The third-order valence-electron chi connectivity index (χ3n) is 7.68. The Morgan fingerprint density at radius 2 is 1.73 bits per heavy atom. The Morgan fingerprint density at radius 1 is 1.00 bits per heavy atom. The first-order chi connectivity index (χ1) is 19.7. The van der Waals surface area contributed by atoms with Crippen molar-refractivity contribution in [3.8, 4) is 5.75 Å². The second-order valence-corrected chi connectivity index (χ2v) is 10.5. The Labute approximate surface area is 236 Å². The van der Waals surface area contributed by atoms with Gasteiger partial charge in [0, 0.05) is 19.6 Å². The molecule has 0 spiro atoms. The van der Waals surface area contributed by atoms with Crippen LogP contribution < -0.4 is 4.74 Å². The number of alkyl halides is 4. The van der Waals surface area contributed by atoms with E-state index < -0.39 is 17.7 Å². The lowest BCUT2D eigenvalue weighted by atomic mass is 9.85. The lowest BCUT2D eigenvalue weighted by Gasteiger charge is -2.33. The zero-order valence-electron chi connectivity index (χ0n) is 22.7. The number of carbonyl (C=O) groups is 1.